The summed E-state index contributed by atoms with van der Waals surface area (Å²) in [6.45, 7) is 1.87. The molecule has 0 amide bonds. The van der Waals surface area contributed by atoms with E-state index in [-0.39, 0.29) is 0 Å². The number of nitrogens with zero attached hydrogens (tertiary/aromatic N) is 2. The maximum atomic E-state index is 5.86. The number of hydrogen-bond donors (Lipinski definition) is 0. The van der Waals surface area contributed by atoms with Gasteiger partial charge in [0.05, 0.1) is 0 Å². The van der Waals surface area contributed by atoms with Gasteiger partial charge in [0, 0.05) is 29.2 Å². The van der Waals surface area contributed by atoms with Crippen LogP contribution in [-0.4, -0.2) is 16.2 Å². The fourth-order valence-electron chi connectivity index (χ4n) is 3.97. The minimum absolute atomic E-state index is 0.688. The van der Waals surface area contributed by atoms with Gasteiger partial charge in [0.15, 0.2) is 17.4 Å². The fourth-order valence-corrected chi connectivity index (χ4v) is 4.32. The van der Waals surface area contributed by atoms with Crippen LogP contribution in [0.2, 0.25) is 0 Å². The van der Waals surface area contributed by atoms with Crippen LogP contribution in [0.1, 0.15) is 5.89 Å². The fraction of sp³-hybridized carbons (Fsp3) is 0.0625. The summed E-state index contributed by atoms with van der Waals surface area (Å²) in [7, 11) is 0. The molecule has 37 heavy (non-hydrogen) atoms. The van der Waals surface area contributed by atoms with Crippen LogP contribution >= 0.6 is 11.8 Å². The van der Waals surface area contributed by atoms with E-state index < -0.39 is 0 Å². The summed E-state index contributed by atoms with van der Waals surface area (Å²) in [6, 6.07) is 40.4. The average molecular weight is 503 g/mol. The number of thioether (sulfide) groups is 1. The number of oxazole rings is 2. The average Bonchev–Trinajstić information content (AvgIpc) is 3.59. The molecule has 5 heteroatoms. The van der Waals surface area contributed by atoms with Crippen molar-refractivity contribution in [2.24, 2.45) is 0 Å². The highest BCUT2D eigenvalue weighted by molar-refractivity contribution is 7.98. The molecular formula is C32H26N2O2S. The zero-order chi connectivity index (χ0) is 25.5. The summed E-state index contributed by atoms with van der Waals surface area (Å²) >= 11 is 1.52. The number of benzene rings is 4. The van der Waals surface area contributed by atoms with Crippen LogP contribution in [0.4, 0.5) is 0 Å². The lowest BCUT2D eigenvalue weighted by Crippen LogP contribution is -1.81. The summed E-state index contributed by atoms with van der Waals surface area (Å²) in [6.07, 6.45) is 1.97. The predicted octanol–water partition coefficient (Wildman–Crippen LogP) is 9.05. The van der Waals surface area contributed by atoms with Gasteiger partial charge in [0.1, 0.15) is 11.4 Å². The van der Waals surface area contributed by atoms with Gasteiger partial charge in [-0.05, 0) is 6.26 Å². The molecule has 0 spiro atoms. The molecule has 4 aromatic carbocycles. The van der Waals surface area contributed by atoms with Gasteiger partial charge in [-0.3, -0.25) is 0 Å². The molecule has 0 aliphatic rings. The summed E-state index contributed by atoms with van der Waals surface area (Å²) < 4.78 is 11.6. The van der Waals surface area contributed by atoms with Crippen molar-refractivity contribution in [3.63, 3.8) is 0 Å². The van der Waals surface area contributed by atoms with E-state index in [9.17, 15) is 0 Å². The van der Waals surface area contributed by atoms with Crippen molar-refractivity contribution in [2.45, 2.75) is 12.1 Å². The molecule has 0 bridgehead atoms. The molecule has 0 atom stereocenters. The molecule has 6 aromatic rings. The molecule has 0 aliphatic carbocycles. The second-order valence-electron chi connectivity index (χ2n) is 8.24. The van der Waals surface area contributed by atoms with E-state index in [0.29, 0.717) is 11.1 Å². The van der Waals surface area contributed by atoms with Crippen LogP contribution in [0.15, 0.2) is 135 Å². The third-order valence-electron chi connectivity index (χ3n) is 5.68. The van der Waals surface area contributed by atoms with E-state index in [2.05, 4.69) is 22.1 Å². The third-order valence-corrected chi connectivity index (χ3v) is 6.21. The first-order valence-corrected chi connectivity index (χ1v) is 13.2. The molecule has 0 radical (unpaired) electrons. The molecule has 2 heterocycles. The third kappa shape index (κ3) is 5.74. The minimum atomic E-state index is 0.688. The Morgan fingerprint density at radius 2 is 0.865 bits per heavy atom. The number of aromatic nitrogens is 2. The lowest BCUT2D eigenvalue weighted by Gasteiger charge is -2.00. The monoisotopic (exact) mass is 502 g/mol. The Balaban J connectivity index is 0.000000152. The molecule has 0 saturated heterocycles. The topological polar surface area (TPSA) is 52.1 Å². The highest BCUT2D eigenvalue weighted by Gasteiger charge is 2.16. The van der Waals surface area contributed by atoms with Crippen LogP contribution in [0, 0.1) is 6.92 Å². The van der Waals surface area contributed by atoms with Gasteiger partial charge in [-0.2, -0.15) is 0 Å². The van der Waals surface area contributed by atoms with Crippen molar-refractivity contribution < 1.29 is 8.83 Å². The lowest BCUT2D eigenvalue weighted by molar-refractivity contribution is 0.467. The predicted molar refractivity (Wildman–Crippen MR) is 151 cm³/mol. The summed E-state index contributed by atoms with van der Waals surface area (Å²) in [5.74, 6) is 2.35. The van der Waals surface area contributed by atoms with Crippen molar-refractivity contribution >= 4 is 11.8 Å². The Hall–Kier alpha value is -4.35. The van der Waals surface area contributed by atoms with E-state index in [1.165, 1.54) is 11.8 Å². The van der Waals surface area contributed by atoms with Gasteiger partial charge < -0.3 is 8.83 Å². The normalized spacial score (nSPS) is 10.5. The molecule has 0 fully saturated rings. The number of rotatable bonds is 5. The van der Waals surface area contributed by atoms with Crippen LogP contribution < -0.4 is 0 Å². The number of aryl methyl sites for hydroxylation is 1. The van der Waals surface area contributed by atoms with E-state index in [1.54, 1.807) is 0 Å². The van der Waals surface area contributed by atoms with E-state index in [0.717, 1.165) is 45.2 Å². The first-order valence-electron chi connectivity index (χ1n) is 12.0. The van der Waals surface area contributed by atoms with Crippen molar-refractivity contribution in [1.82, 2.24) is 9.97 Å². The van der Waals surface area contributed by atoms with Gasteiger partial charge >= 0.3 is 0 Å². The number of hydrogen-bond acceptors (Lipinski definition) is 5. The smallest absolute Gasteiger partial charge is 0.256 e. The Kier molecular flexibility index (Phi) is 7.63. The van der Waals surface area contributed by atoms with Gasteiger partial charge in [-0.15, -0.1) is 0 Å². The van der Waals surface area contributed by atoms with Gasteiger partial charge in [0.2, 0.25) is 0 Å². The summed E-state index contributed by atoms with van der Waals surface area (Å²) in [4.78, 5) is 9.06. The second-order valence-corrected chi connectivity index (χ2v) is 8.99. The van der Waals surface area contributed by atoms with Crippen LogP contribution in [0.5, 0.6) is 0 Å². The van der Waals surface area contributed by atoms with Crippen LogP contribution in [0.25, 0.3) is 45.2 Å². The quantitative estimate of drug-likeness (QED) is 0.220. The Morgan fingerprint density at radius 3 is 1.30 bits per heavy atom. The molecule has 2 aromatic heterocycles. The first-order chi connectivity index (χ1) is 18.2. The summed E-state index contributed by atoms with van der Waals surface area (Å²) in [5, 5.41) is 0.692. The molecule has 0 N–H and O–H groups in total. The molecule has 6 rings (SSSR count). The van der Waals surface area contributed by atoms with E-state index in [1.807, 2.05) is 122 Å². The van der Waals surface area contributed by atoms with Gasteiger partial charge in [-0.25, -0.2) is 9.97 Å². The largest absolute Gasteiger partial charge is 0.440 e. The minimum Gasteiger partial charge on any atom is -0.440 e. The highest BCUT2D eigenvalue weighted by Crippen LogP contribution is 2.35. The standard InChI is InChI=1S/C16H13NOS.C16H13NO/c1-19-16-17-14(12-8-4-2-5-9-12)15(18-16)13-10-6-3-7-11-13;1-12-17-15(13-8-4-2-5-9-13)16(18-12)14-10-6-3-7-11-14/h2-11H,1H3;2-11H,1H3. The van der Waals surface area contributed by atoms with Crippen molar-refractivity contribution in [2.75, 3.05) is 6.26 Å². The molecule has 0 unspecified atom stereocenters. The second kappa shape index (κ2) is 11.6. The first kappa shape index (κ1) is 24.3. The maximum absolute atomic E-state index is 5.86. The molecule has 182 valence electrons. The van der Waals surface area contributed by atoms with Crippen LogP contribution in [0.3, 0.4) is 0 Å². The van der Waals surface area contributed by atoms with Crippen molar-refractivity contribution in [1.29, 1.82) is 0 Å². The van der Waals surface area contributed by atoms with Gasteiger partial charge in [-0.1, -0.05) is 133 Å². The maximum Gasteiger partial charge on any atom is 0.256 e. The SMILES string of the molecule is CSc1nc(-c2ccccc2)c(-c2ccccc2)o1.Cc1nc(-c2ccccc2)c(-c2ccccc2)o1. The zero-order valence-electron chi connectivity index (χ0n) is 20.7. The Bertz CT molecular complexity index is 1430. The summed E-state index contributed by atoms with van der Waals surface area (Å²) in [5.41, 5.74) is 6.06. The highest BCUT2D eigenvalue weighted by atomic mass is 32.2. The van der Waals surface area contributed by atoms with Crippen molar-refractivity contribution in [3.05, 3.63) is 127 Å². The van der Waals surface area contributed by atoms with E-state index >= 15 is 0 Å². The molecular weight excluding hydrogens is 476 g/mol. The molecule has 0 saturated carbocycles. The Labute approximate surface area is 221 Å². The molecule has 4 nitrogen and oxygen atoms in total. The van der Waals surface area contributed by atoms with Crippen molar-refractivity contribution in [3.8, 4) is 45.2 Å². The Morgan fingerprint density at radius 1 is 0.486 bits per heavy atom. The van der Waals surface area contributed by atoms with Crippen LogP contribution in [-0.2, 0) is 0 Å². The molecule has 0 aliphatic heterocycles. The van der Waals surface area contributed by atoms with E-state index in [4.69, 9.17) is 8.83 Å². The van der Waals surface area contributed by atoms with Gasteiger partial charge in [0.25, 0.3) is 5.22 Å². The lowest BCUT2D eigenvalue weighted by atomic mass is 10.1. The zero-order valence-corrected chi connectivity index (χ0v) is 21.5.